The third kappa shape index (κ3) is 3.10. The van der Waals surface area contributed by atoms with Crippen LogP contribution in [0.15, 0.2) is 27.6 Å². The molecule has 0 spiro atoms. The van der Waals surface area contributed by atoms with E-state index in [1.165, 1.54) is 12.1 Å². The highest BCUT2D eigenvalue weighted by atomic mass is 19.1. The Hall–Kier alpha value is -2.04. The number of nitrogens with zero attached hydrogens (tertiary/aromatic N) is 1. The summed E-state index contributed by atoms with van der Waals surface area (Å²) in [5.41, 5.74) is 7.38. The minimum atomic E-state index is -0.269. The molecule has 1 atom stereocenters. The first-order chi connectivity index (χ1) is 9.51. The maximum atomic E-state index is 13.2. The maximum Gasteiger partial charge on any atom is 0.189 e. The summed E-state index contributed by atoms with van der Waals surface area (Å²) in [4.78, 5) is 4.26. The zero-order valence-corrected chi connectivity index (χ0v) is 12.0. The van der Waals surface area contributed by atoms with E-state index < -0.39 is 0 Å². The SMILES string of the molecule is CCC(C)NC(N)=NCc1oc2ccc(F)cc2c1C. The summed E-state index contributed by atoms with van der Waals surface area (Å²) in [6.45, 7) is 6.35. The van der Waals surface area contributed by atoms with Crippen LogP contribution < -0.4 is 11.1 Å². The molecule has 0 aliphatic heterocycles. The van der Waals surface area contributed by atoms with Crippen LogP contribution >= 0.6 is 0 Å². The van der Waals surface area contributed by atoms with E-state index in [2.05, 4.69) is 17.2 Å². The first-order valence-corrected chi connectivity index (χ1v) is 6.75. The number of halogens is 1. The van der Waals surface area contributed by atoms with E-state index in [0.29, 0.717) is 23.8 Å². The van der Waals surface area contributed by atoms with Crippen molar-refractivity contribution in [1.82, 2.24) is 5.32 Å². The van der Waals surface area contributed by atoms with Crippen LogP contribution in [0.1, 0.15) is 31.6 Å². The van der Waals surface area contributed by atoms with Crippen molar-refractivity contribution >= 4 is 16.9 Å². The second kappa shape index (κ2) is 5.94. The van der Waals surface area contributed by atoms with Gasteiger partial charge in [-0.05, 0) is 38.5 Å². The van der Waals surface area contributed by atoms with E-state index in [1.54, 1.807) is 6.07 Å². The Bertz CT molecular complexity index is 633. The monoisotopic (exact) mass is 277 g/mol. The van der Waals surface area contributed by atoms with Gasteiger partial charge in [0.2, 0.25) is 0 Å². The number of nitrogens with one attached hydrogen (secondary N) is 1. The van der Waals surface area contributed by atoms with Crippen LogP contribution in [-0.2, 0) is 6.54 Å². The van der Waals surface area contributed by atoms with Crippen LogP contribution in [0.2, 0.25) is 0 Å². The number of hydrogen-bond donors (Lipinski definition) is 2. The van der Waals surface area contributed by atoms with Crippen molar-refractivity contribution in [2.24, 2.45) is 10.7 Å². The van der Waals surface area contributed by atoms with Gasteiger partial charge in [-0.1, -0.05) is 6.92 Å². The van der Waals surface area contributed by atoms with E-state index in [-0.39, 0.29) is 11.9 Å². The van der Waals surface area contributed by atoms with Crippen LogP contribution in [0, 0.1) is 12.7 Å². The average Bonchev–Trinajstić information content (AvgIpc) is 2.73. The molecule has 0 bridgehead atoms. The Morgan fingerprint density at radius 1 is 1.50 bits per heavy atom. The van der Waals surface area contributed by atoms with Gasteiger partial charge < -0.3 is 15.5 Å². The van der Waals surface area contributed by atoms with Crippen molar-refractivity contribution in [3.05, 3.63) is 35.3 Å². The number of aryl methyl sites for hydroxylation is 1. The van der Waals surface area contributed by atoms with Gasteiger partial charge in [0.15, 0.2) is 5.96 Å². The fourth-order valence-corrected chi connectivity index (χ4v) is 1.95. The zero-order chi connectivity index (χ0) is 14.7. The van der Waals surface area contributed by atoms with Gasteiger partial charge in [0, 0.05) is 17.0 Å². The highest BCUT2D eigenvalue weighted by Gasteiger charge is 2.11. The standard InChI is InChI=1S/C15H20FN3O/c1-4-9(2)19-15(17)18-8-14-10(3)12-7-11(16)5-6-13(12)20-14/h5-7,9H,4,8H2,1-3H3,(H3,17,18,19). The molecule has 1 aromatic carbocycles. The van der Waals surface area contributed by atoms with Gasteiger partial charge in [0.05, 0.1) is 0 Å². The number of benzene rings is 1. The molecule has 0 aliphatic carbocycles. The van der Waals surface area contributed by atoms with Crippen LogP contribution in [-0.4, -0.2) is 12.0 Å². The van der Waals surface area contributed by atoms with Crippen LogP contribution in [0.4, 0.5) is 4.39 Å². The maximum absolute atomic E-state index is 13.2. The lowest BCUT2D eigenvalue weighted by Gasteiger charge is -2.11. The van der Waals surface area contributed by atoms with Crippen molar-refractivity contribution in [2.45, 2.75) is 39.8 Å². The third-order valence-corrected chi connectivity index (χ3v) is 3.40. The molecule has 2 rings (SSSR count). The minimum absolute atomic E-state index is 0.269. The van der Waals surface area contributed by atoms with Crippen molar-refractivity contribution in [3.8, 4) is 0 Å². The molecule has 0 saturated heterocycles. The van der Waals surface area contributed by atoms with E-state index in [0.717, 1.165) is 17.4 Å². The Morgan fingerprint density at radius 3 is 2.95 bits per heavy atom. The molecule has 1 aromatic heterocycles. The number of hydrogen-bond acceptors (Lipinski definition) is 2. The third-order valence-electron chi connectivity index (χ3n) is 3.40. The van der Waals surface area contributed by atoms with Crippen LogP contribution in [0.5, 0.6) is 0 Å². The number of fused-ring (bicyclic) bond motifs is 1. The summed E-state index contributed by atoms with van der Waals surface area (Å²) in [6.07, 6.45) is 0.971. The molecule has 108 valence electrons. The lowest BCUT2D eigenvalue weighted by atomic mass is 10.1. The molecule has 4 nitrogen and oxygen atoms in total. The summed E-state index contributed by atoms with van der Waals surface area (Å²) in [5, 5.41) is 3.87. The molecule has 0 amide bonds. The summed E-state index contributed by atoms with van der Waals surface area (Å²) in [5.74, 6) is 0.833. The van der Waals surface area contributed by atoms with E-state index >= 15 is 0 Å². The Morgan fingerprint density at radius 2 is 2.25 bits per heavy atom. The van der Waals surface area contributed by atoms with Gasteiger partial charge in [0.1, 0.15) is 23.7 Å². The second-order valence-corrected chi connectivity index (χ2v) is 4.95. The first-order valence-electron chi connectivity index (χ1n) is 6.75. The van der Waals surface area contributed by atoms with Gasteiger partial charge in [-0.15, -0.1) is 0 Å². The predicted octanol–water partition coefficient (Wildman–Crippen LogP) is 3.08. The van der Waals surface area contributed by atoms with Gasteiger partial charge in [-0.3, -0.25) is 0 Å². The smallest absolute Gasteiger partial charge is 0.189 e. The Kier molecular flexibility index (Phi) is 4.27. The molecule has 0 radical (unpaired) electrons. The average molecular weight is 277 g/mol. The Labute approximate surface area is 117 Å². The molecule has 0 aliphatic rings. The molecule has 3 N–H and O–H groups in total. The molecule has 2 aromatic rings. The van der Waals surface area contributed by atoms with Crippen molar-refractivity contribution in [3.63, 3.8) is 0 Å². The molecule has 1 heterocycles. The molecular weight excluding hydrogens is 257 g/mol. The Balaban J connectivity index is 2.18. The highest BCUT2D eigenvalue weighted by Crippen LogP contribution is 2.26. The molecule has 5 heteroatoms. The molecule has 0 fully saturated rings. The lowest BCUT2D eigenvalue weighted by molar-refractivity contribution is 0.546. The number of rotatable bonds is 4. The number of aliphatic imine (C=N–C) groups is 1. The quantitative estimate of drug-likeness (QED) is 0.667. The molecule has 1 unspecified atom stereocenters. The van der Waals surface area contributed by atoms with Gasteiger partial charge in [-0.25, -0.2) is 9.38 Å². The minimum Gasteiger partial charge on any atom is -0.459 e. The van der Waals surface area contributed by atoms with Crippen molar-refractivity contribution in [1.29, 1.82) is 0 Å². The van der Waals surface area contributed by atoms with Crippen LogP contribution in [0.25, 0.3) is 11.0 Å². The number of guanidine groups is 1. The van der Waals surface area contributed by atoms with E-state index in [1.807, 2.05) is 13.8 Å². The fourth-order valence-electron chi connectivity index (χ4n) is 1.95. The number of furan rings is 1. The second-order valence-electron chi connectivity index (χ2n) is 4.95. The van der Waals surface area contributed by atoms with Crippen molar-refractivity contribution in [2.75, 3.05) is 0 Å². The lowest BCUT2D eigenvalue weighted by Crippen LogP contribution is -2.38. The molecule has 0 saturated carbocycles. The summed E-state index contributed by atoms with van der Waals surface area (Å²) < 4.78 is 18.9. The fraction of sp³-hybridized carbons (Fsp3) is 0.400. The summed E-state index contributed by atoms with van der Waals surface area (Å²) in [7, 11) is 0. The molecular formula is C15H20FN3O. The van der Waals surface area contributed by atoms with E-state index in [9.17, 15) is 4.39 Å². The number of nitrogens with two attached hydrogens (primary N) is 1. The predicted molar refractivity (Wildman–Crippen MR) is 79.1 cm³/mol. The summed E-state index contributed by atoms with van der Waals surface area (Å²) in [6, 6.07) is 4.77. The largest absolute Gasteiger partial charge is 0.459 e. The van der Waals surface area contributed by atoms with Gasteiger partial charge >= 0.3 is 0 Å². The zero-order valence-electron chi connectivity index (χ0n) is 12.0. The van der Waals surface area contributed by atoms with Gasteiger partial charge in [-0.2, -0.15) is 0 Å². The topological polar surface area (TPSA) is 63.5 Å². The first kappa shape index (κ1) is 14.4. The van der Waals surface area contributed by atoms with Gasteiger partial charge in [0.25, 0.3) is 0 Å². The molecule has 20 heavy (non-hydrogen) atoms. The van der Waals surface area contributed by atoms with E-state index in [4.69, 9.17) is 10.2 Å². The van der Waals surface area contributed by atoms with Crippen LogP contribution in [0.3, 0.4) is 0 Å². The normalized spacial score (nSPS) is 13.7. The highest BCUT2D eigenvalue weighted by molar-refractivity contribution is 5.82. The van der Waals surface area contributed by atoms with Crippen molar-refractivity contribution < 1.29 is 8.81 Å². The summed E-state index contributed by atoms with van der Waals surface area (Å²) >= 11 is 0.